The van der Waals surface area contributed by atoms with Gasteiger partial charge in [0, 0.05) is 17.6 Å². The van der Waals surface area contributed by atoms with Crippen molar-refractivity contribution in [3.8, 4) is 0 Å². The zero-order valence-electron chi connectivity index (χ0n) is 11.5. The molecular weight excluding hydrogens is 352 g/mol. The molecule has 21 heavy (non-hydrogen) atoms. The molecule has 0 radical (unpaired) electrons. The molecule has 2 aromatic carbocycles. The molecule has 1 aliphatic rings. The Morgan fingerprint density at radius 1 is 1.14 bits per heavy atom. The molecule has 0 saturated heterocycles. The topological polar surface area (TPSA) is 58.2 Å². The molecule has 0 spiro atoms. The van der Waals surface area contributed by atoms with E-state index in [2.05, 4.69) is 26.0 Å². The third-order valence-corrected chi connectivity index (χ3v) is 5.97. The predicted molar refractivity (Wildman–Crippen MR) is 86.7 cm³/mol. The van der Waals surface area contributed by atoms with Gasteiger partial charge in [-0.05, 0) is 57.7 Å². The predicted octanol–water partition coefficient (Wildman–Crippen LogP) is 3.16. The highest BCUT2D eigenvalue weighted by molar-refractivity contribution is 9.10. The van der Waals surface area contributed by atoms with Crippen LogP contribution in [-0.4, -0.2) is 8.42 Å². The maximum absolute atomic E-state index is 12.5. The summed E-state index contributed by atoms with van der Waals surface area (Å²) in [6.45, 7) is 3.43. The van der Waals surface area contributed by atoms with E-state index in [1.165, 1.54) is 0 Å². The van der Waals surface area contributed by atoms with Crippen LogP contribution in [-0.2, 0) is 23.1 Å². The van der Waals surface area contributed by atoms with Crippen molar-refractivity contribution >= 4 is 31.6 Å². The number of nitrogens with one attached hydrogen (secondary N) is 2. The highest BCUT2D eigenvalue weighted by Gasteiger charge is 2.19. The quantitative estimate of drug-likeness (QED) is 0.876. The summed E-state index contributed by atoms with van der Waals surface area (Å²) in [5.41, 5.74) is 3.73. The molecule has 0 bridgehead atoms. The molecule has 0 saturated carbocycles. The Bertz CT molecular complexity index is 803. The molecule has 2 aromatic rings. The Labute approximate surface area is 132 Å². The number of rotatable bonds is 3. The number of benzene rings is 2. The first-order valence-corrected chi connectivity index (χ1v) is 8.85. The Hall–Kier alpha value is -1.37. The molecule has 6 heteroatoms. The minimum absolute atomic E-state index is 0.290. The van der Waals surface area contributed by atoms with Crippen molar-refractivity contribution in [1.29, 1.82) is 0 Å². The van der Waals surface area contributed by atoms with E-state index in [4.69, 9.17) is 0 Å². The Balaban J connectivity index is 1.96. The second-order valence-corrected chi connectivity index (χ2v) is 7.55. The molecule has 3 rings (SSSR count). The zero-order valence-corrected chi connectivity index (χ0v) is 13.9. The summed E-state index contributed by atoms with van der Waals surface area (Å²) in [6.07, 6.45) is 0. The normalized spacial score (nSPS) is 14.0. The second kappa shape index (κ2) is 5.44. The van der Waals surface area contributed by atoms with Gasteiger partial charge < -0.3 is 5.32 Å². The SMILES string of the molecule is Cc1cccc(NS(=O)(=O)c2ccc3c(c2)CNC3)c1Br. The molecule has 0 atom stereocenters. The van der Waals surface area contributed by atoms with Crippen molar-refractivity contribution in [2.24, 2.45) is 0 Å². The van der Waals surface area contributed by atoms with Crippen molar-refractivity contribution in [3.63, 3.8) is 0 Å². The van der Waals surface area contributed by atoms with Crippen molar-refractivity contribution in [2.45, 2.75) is 24.9 Å². The average molecular weight is 367 g/mol. The lowest BCUT2D eigenvalue weighted by atomic mass is 10.1. The van der Waals surface area contributed by atoms with E-state index in [1.54, 1.807) is 18.2 Å². The van der Waals surface area contributed by atoms with Crippen LogP contribution in [0.25, 0.3) is 0 Å². The molecule has 4 nitrogen and oxygen atoms in total. The van der Waals surface area contributed by atoms with Crippen LogP contribution < -0.4 is 10.0 Å². The Morgan fingerprint density at radius 2 is 1.90 bits per heavy atom. The first kappa shape index (κ1) is 14.6. The van der Waals surface area contributed by atoms with Gasteiger partial charge in [0.2, 0.25) is 0 Å². The molecule has 0 amide bonds. The summed E-state index contributed by atoms with van der Waals surface area (Å²) < 4.78 is 28.4. The van der Waals surface area contributed by atoms with Crippen LogP contribution in [0.5, 0.6) is 0 Å². The summed E-state index contributed by atoms with van der Waals surface area (Å²) in [5, 5.41) is 3.21. The third-order valence-electron chi connectivity index (χ3n) is 3.56. The molecule has 2 N–H and O–H groups in total. The summed E-state index contributed by atoms with van der Waals surface area (Å²) in [6, 6.07) is 10.7. The summed E-state index contributed by atoms with van der Waals surface area (Å²) in [5.74, 6) is 0. The molecule has 0 unspecified atom stereocenters. The summed E-state index contributed by atoms with van der Waals surface area (Å²) >= 11 is 3.42. The number of hydrogen-bond acceptors (Lipinski definition) is 3. The van der Waals surface area contributed by atoms with Crippen LogP contribution in [0.4, 0.5) is 5.69 Å². The van der Waals surface area contributed by atoms with Gasteiger partial charge in [-0.2, -0.15) is 0 Å². The highest BCUT2D eigenvalue weighted by atomic mass is 79.9. The fourth-order valence-corrected chi connectivity index (χ4v) is 3.98. The van der Waals surface area contributed by atoms with Crippen molar-refractivity contribution in [2.75, 3.05) is 4.72 Å². The van der Waals surface area contributed by atoms with Crippen LogP contribution in [0.1, 0.15) is 16.7 Å². The van der Waals surface area contributed by atoms with Crippen LogP contribution in [0.15, 0.2) is 45.8 Å². The zero-order chi connectivity index (χ0) is 15.0. The second-order valence-electron chi connectivity index (χ2n) is 5.08. The standard InChI is InChI=1S/C15H15BrN2O2S/c1-10-3-2-4-14(15(10)16)18-21(19,20)13-6-5-11-8-17-9-12(11)7-13/h2-7,17-18H,8-9H2,1H3. The molecule has 0 aliphatic carbocycles. The van der Waals surface area contributed by atoms with Gasteiger partial charge >= 0.3 is 0 Å². The number of fused-ring (bicyclic) bond motifs is 1. The molecule has 1 aliphatic heterocycles. The van der Waals surface area contributed by atoms with Gasteiger partial charge in [-0.15, -0.1) is 0 Å². The van der Waals surface area contributed by atoms with Gasteiger partial charge in [-0.3, -0.25) is 4.72 Å². The van der Waals surface area contributed by atoms with Gasteiger partial charge in [0.25, 0.3) is 10.0 Å². The summed E-state index contributed by atoms with van der Waals surface area (Å²) in [7, 11) is -3.58. The van der Waals surface area contributed by atoms with Crippen LogP contribution >= 0.6 is 15.9 Å². The van der Waals surface area contributed by atoms with Crippen LogP contribution in [0, 0.1) is 6.92 Å². The summed E-state index contributed by atoms with van der Waals surface area (Å²) in [4.78, 5) is 0.290. The minimum Gasteiger partial charge on any atom is -0.309 e. The third kappa shape index (κ3) is 2.84. The van der Waals surface area contributed by atoms with Gasteiger partial charge in [-0.1, -0.05) is 18.2 Å². The van der Waals surface area contributed by atoms with Crippen LogP contribution in [0.2, 0.25) is 0 Å². The fraction of sp³-hybridized carbons (Fsp3) is 0.200. The first-order valence-electron chi connectivity index (χ1n) is 6.58. The number of sulfonamides is 1. The van der Waals surface area contributed by atoms with Crippen molar-refractivity contribution in [3.05, 3.63) is 57.6 Å². The van der Waals surface area contributed by atoms with E-state index in [0.29, 0.717) is 17.1 Å². The van der Waals surface area contributed by atoms with Crippen molar-refractivity contribution < 1.29 is 8.42 Å². The van der Waals surface area contributed by atoms with Gasteiger partial charge in [0.05, 0.1) is 10.6 Å². The molecule has 1 heterocycles. The van der Waals surface area contributed by atoms with E-state index in [9.17, 15) is 8.42 Å². The first-order chi connectivity index (χ1) is 9.97. The maximum atomic E-state index is 12.5. The maximum Gasteiger partial charge on any atom is 0.261 e. The van der Waals surface area contributed by atoms with E-state index >= 15 is 0 Å². The fourth-order valence-electron chi connectivity index (χ4n) is 2.37. The van der Waals surface area contributed by atoms with Crippen LogP contribution in [0.3, 0.4) is 0 Å². The average Bonchev–Trinajstić information content (AvgIpc) is 2.91. The van der Waals surface area contributed by atoms with Crippen molar-refractivity contribution in [1.82, 2.24) is 5.32 Å². The lowest BCUT2D eigenvalue weighted by molar-refractivity contribution is 0.601. The highest BCUT2D eigenvalue weighted by Crippen LogP contribution is 2.28. The van der Waals surface area contributed by atoms with E-state index in [1.807, 2.05) is 25.1 Å². The van der Waals surface area contributed by atoms with E-state index < -0.39 is 10.0 Å². The largest absolute Gasteiger partial charge is 0.309 e. The molecule has 0 aromatic heterocycles. The number of hydrogen-bond donors (Lipinski definition) is 2. The molecule has 110 valence electrons. The van der Waals surface area contributed by atoms with E-state index in [0.717, 1.165) is 27.7 Å². The smallest absolute Gasteiger partial charge is 0.261 e. The Kier molecular flexibility index (Phi) is 3.77. The van der Waals surface area contributed by atoms with E-state index in [-0.39, 0.29) is 0 Å². The Morgan fingerprint density at radius 3 is 2.71 bits per heavy atom. The number of anilines is 1. The lowest BCUT2D eigenvalue weighted by Gasteiger charge is -2.12. The van der Waals surface area contributed by atoms with Gasteiger partial charge in [0.1, 0.15) is 0 Å². The molecular formula is C15H15BrN2O2S. The molecule has 0 fully saturated rings. The number of halogens is 1. The van der Waals surface area contributed by atoms with Gasteiger partial charge in [-0.25, -0.2) is 8.42 Å². The minimum atomic E-state index is -3.58. The monoisotopic (exact) mass is 366 g/mol. The number of aryl methyl sites for hydroxylation is 1. The lowest BCUT2D eigenvalue weighted by Crippen LogP contribution is -2.14. The van der Waals surface area contributed by atoms with Gasteiger partial charge in [0.15, 0.2) is 0 Å².